The Labute approximate surface area is 214 Å². The summed E-state index contributed by atoms with van der Waals surface area (Å²) in [5, 5.41) is 14.0. The maximum absolute atomic E-state index is 11.6. The SMILES string of the molecule is CNC(=O)Nc1ccc(-c2nc(N3CCOC[C@@H]3C)cc(C3(S(O)(O)c4nnc(C)s4)CC3)n2)cc1. The number of urea groups is 1. The Morgan fingerprint density at radius 1 is 1.22 bits per heavy atom. The fourth-order valence-corrected chi connectivity index (χ4v) is 7.55. The number of aromatic nitrogens is 4. The Bertz CT molecular complexity index is 1260. The van der Waals surface area contributed by atoms with Crippen LogP contribution in [-0.2, 0) is 9.48 Å². The number of aryl methyl sites for hydroxylation is 1. The Morgan fingerprint density at radius 3 is 2.58 bits per heavy atom. The third-order valence-corrected chi connectivity index (χ3v) is 10.3. The normalized spacial score (nSPS) is 19.6. The second-order valence-electron chi connectivity index (χ2n) is 8.96. The zero-order valence-corrected chi connectivity index (χ0v) is 21.9. The molecular weight excluding hydrogens is 502 g/mol. The van der Waals surface area contributed by atoms with Crippen molar-refractivity contribution in [1.29, 1.82) is 0 Å². The minimum Gasteiger partial charge on any atom is -0.377 e. The number of benzene rings is 1. The Kier molecular flexibility index (Phi) is 6.59. The molecule has 0 spiro atoms. The molecule has 192 valence electrons. The van der Waals surface area contributed by atoms with Gasteiger partial charge in [0.15, 0.2) is 5.82 Å². The van der Waals surface area contributed by atoms with Crippen LogP contribution in [0.2, 0.25) is 0 Å². The van der Waals surface area contributed by atoms with E-state index in [1.807, 2.05) is 18.2 Å². The maximum Gasteiger partial charge on any atom is 0.318 e. The summed E-state index contributed by atoms with van der Waals surface area (Å²) in [5.74, 6) is 1.19. The lowest BCUT2D eigenvalue weighted by Crippen LogP contribution is -2.44. The molecule has 2 aromatic heterocycles. The van der Waals surface area contributed by atoms with E-state index in [0.717, 1.165) is 5.56 Å². The molecule has 1 saturated carbocycles. The number of rotatable bonds is 6. The monoisotopic (exact) mass is 531 g/mol. The zero-order chi connectivity index (χ0) is 25.5. The summed E-state index contributed by atoms with van der Waals surface area (Å²) in [6.45, 7) is 5.71. The van der Waals surface area contributed by atoms with Crippen LogP contribution in [-0.4, -0.2) is 68.1 Å². The van der Waals surface area contributed by atoms with Gasteiger partial charge in [-0.2, -0.15) is 0 Å². The molecule has 1 aliphatic heterocycles. The summed E-state index contributed by atoms with van der Waals surface area (Å²) >= 11 is 1.20. The number of nitrogens with zero attached hydrogens (tertiary/aromatic N) is 5. The largest absolute Gasteiger partial charge is 0.377 e. The maximum atomic E-state index is 11.6. The number of amides is 2. The van der Waals surface area contributed by atoms with Gasteiger partial charge in [0.25, 0.3) is 0 Å². The lowest BCUT2D eigenvalue weighted by atomic mass is 10.1. The molecule has 0 bridgehead atoms. The van der Waals surface area contributed by atoms with E-state index in [1.54, 1.807) is 26.1 Å². The minimum atomic E-state index is -3.29. The highest BCUT2D eigenvalue weighted by Gasteiger charge is 2.59. The molecular formula is C23H29N7O4S2. The standard InChI is InChI=1S/C23H29N7O4S2/c1-14-13-34-11-10-30(14)19-12-18(23(8-9-23)36(32,33)22-29-28-15(2)35-22)26-20(27-19)16-4-6-17(7-5-16)25-21(31)24-3/h4-7,12,14,32-33H,8-11,13H2,1-3H3,(H2,24,25,31)/t14-/m0/s1. The average molecular weight is 532 g/mol. The molecule has 1 atom stereocenters. The number of nitrogens with one attached hydrogen (secondary N) is 2. The van der Waals surface area contributed by atoms with Gasteiger partial charge in [0, 0.05) is 30.9 Å². The second kappa shape index (κ2) is 9.56. The van der Waals surface area contributed by atoms with Crippen molar-refractivity contribution in [1.82, 2.24) is 25.5 Å². The highest BCUT2D eigenvalue weighted by Crippen LogP contribution is 2.75. The van der Waals surface area contributed by atoms with Gasteiger partial charge in [0.05, 0.1) is 24.9 Å². The molecule has 2 fully saturated rings. The Hall–Kier alpha value is -2.84. The van der Waals surface area contributed by atoms with Crippen LogP contribution in [0.4, 0.5) is 16.3 Å². The summed E-state index contributed by atoms with van der Waals surface area (Å²) in [5.41, 5.74) is 1.97. The van der Waals surface area contributed by atoms with Crippen molar-refractivity contribution in [3.05, 3.63) is 41.0 Å². The molecule has 13 heteroatoms. The van der Waals surface area contributed by atoms with E-state index >= 15 is 0 Å². The van der Waals surface area contributed by atoms with E-state index in [1.165, 1.54) is 11.3 Å². The van der Waals surface area contributed by atoms with Crippen molar-refractivity contribution < 1.29 is 18.6 Å². The number of carbonyl (C=O) groups excluding carboxylic acids is 1. The third-order valence-electron chi connectivity index (χ3n) is 6.47. The second-order valence-corrected chi connectivity index (χ2v) is 12.7. The van der Waals surface area contributed by atoms with Gasteiger partial charge in [-0.25, -0.2) is 14.8 Å². The van der Waals surface area contributed by atoms with Crippen molar-refractivity contribution >= 4 is 39.5 Å². The van der Waals surface area contributed by atoms with Gasteiger partial charge >= 0.3 is 6.03 Å². The number of ether oxygens (including phenoxy) is 1. The molecule has 1 aliphatic carbocycles. The Balaban J connectivity index is 1.57. The van der Waals surface area contributed by atoms with Crippen LogP contribution in [0.5, 0.6) is 0 Å². The molecule has 4 N–H and O–H groups in total. The topological polar surface area (TPSA) is 146 Å². The number of hydrogen-bond donors (Lipinski definition) is 4. The van der Waals surface area contributed by atoms with Crippen molar-refractivity contribution in [2.24, 2.45) is 0 Å². The van der Waals surface area contributed by atoms with Crippen molar-refractivity contribution in [2.45, 2.75) is 41.8 Å². The van der Waals surface area contributed by atoms with Gasteiger partial charge in [0.2, 0.25) is 4.34 Å². The fraction of sp³-hybridized carbons (Fsp3) is 0.435. The van der Waals surface area contributed by atoms with Crippen LogP contribution in [0.15, 0.2) is 34.7 Å². The Morgan fingerprint density at radius 2 is 1.97 bits per heavy atom. The number of hydrogen-bond acceptors (Lipinski definition) is 10. The van der Waals surface area contributed by atoms with Gasteiger partial charge < -0.3 is 20.3 Å². The molecule has 1 saturated heterocycles. The first-order valence-corrected chi connectivity index (χ1v) is 14.0. The molecule has 3 aromatic rings. The third kappa shape index (κ3) is 4.52. The molecule has 3 heterocycles. The highest BCUT2D eigenvalue weighted by atomic mass is 32.3. The molecule has 11 nitrogen and oxygen atoms in total. The van der Waals surface area contributed by atoms with Crippen LogP contribution in [0.25, 0.3) is 11.4 Å². The smallest absolute Gasteiger partial charge is 0.318 e. The van der Waals surface area contributed by atoms with E-state index in [0.29, 0.717) is 60.6 Å². The van der Waals surface area contributed by atoms with E-state index in [-0.39, 0.29) is 16.4 Å². The first kappa shape index (κ1) is 24.8. The lowest BCUT2D eigenvalue weighted by Gasteiger charge is -2.39. The van der Waals surface area contributed by atoms with E-state index in [9.17, 15) is 13.9 Å². The van der Waals surface area contributed by atoms with Gasteiger partial charge in [-0.05, 0) is 51.0 Å². The highest BCUT2D eigenvalue weighted by molar-refractivity contribution is 8.26. The predicted molar refractivity (Wildman–Crippen MR) is 140 cm³/mol. The van der Waals surface area contributed by atoms with Crippen LogP contribution < -0.4 is 15.5 Å². The molecule has 36 heavy (non-hydrogen) atoms. The molecule has 0 unspecified atom stereocenters. The lowest BCUT2D eigenvalue weighted by molar-refractivity contribution is 0.0985. The average Bonchev–Trinajstić information content (AvgIpc) is 3.59. The number of carbonyl (C=O) groups is 1. The summed E-state index contributed by atoms with van der Waals surface area (Å²) in [4.78, 5) is 23.5. The quantitative estimate of drug-likeness (QED) is 0.369. The van der Waals surface area contributed by atoms with Crippen molar-refractivity contribution in [3.63, 3.8) is 0 Å². The summed E-state index contributed by atoms with van der Waals surface area (Å²) in [6.07, 6.45) is 1.16. The van der Waals surface area contributed by atoms with Crippen LogP contribution in [0.3, 0.4) is 0 Å². The van der Waals surface area contributed by atoms with E-state index in [4.69, 9.17) is 14.7 Å². The number of morpholine rings is 1. The molecule has 0 radical (unpaired) electrons. The molecule has 2 amide bonds. The summed E-state index contributed by atoms with van der Waals surface area (Å²) < 4.78 is 27.7. The van der Waals surface area contributed by atoms with Crippen LogP contribution in [0, 0.1) is 6.92 Å². The van der Waals surface area contributed by atoms with Crippen molar-refractivity contribution in [3.8, 4) is 11.4 Å². The zero-order valence-electron chi connectivity index (χ0n) is 20.3. The van der Waals surface area contributed by atoms with Gasteiger partial charge in [-0.3, -0.25) is 9.11 Å². The first-order chi connectivity index (χ1) is 17.2. The van der Waals surface area contributed by atoms with Gasteiger partial charge in [0.1, 0.15) is 15.6 Å². The number of anilines is 2. The first-order valence-electron chi connectivity index (χ1n) is 11.6. The van der Waals surface area contributed by atoms with Crippen molar-refractivity contribution in [2.75, 3.05) is 37.0 Å². The molecule has 1 aromatic carbocycles. The van der Waals surface area contributed by atoms with Crippen LogP contribution in [0.1, 0.15) is 30.5 Å². The van der Waals surface area contributed by atoms with Gasteiger partial charge in [-0.1, -0.05) is 11.3 Å². The summed E-state index contributed by atoms with van der Waals surface area (Å²) in [6, 6.07) is 8.91. The molecule has 2 aliphatic rings. The van der Waals surface area contributed by atoms with Gasteiger partial charge in [-0.15, -0.1) is 20.8 Å². The van der Waals surface area contributed by atoms with E-state index in [2.05, 4.69) is 32.7 Å². The fourth-order valence-electron chi connectivity index (χ4n) is 4.27. The summed E-state index contributed by atoms with van der Waals surface area (Å²) in [7, 11) is -1.73. The van der Waals surface area contributed by atoms with Crippen LogP contribution >= 0.6 is 21.9 Å². The molecule has 5 rings (SSSR count). The van der Waals surface area contributed by atoms with E-state index < -0.39 is 15.3 Å². The predicted octanol–water partition coefficient (Wildman–Crippen LogP) is 4.08. The minimum absolute atomic E-state index is 0.106.